The molecule has 1 unspecified atom stereocenters. The van der Waals surface area contributed by atoms with E-state index in [1.54, 1.807) is 19.1 Å². The van der Waals surface area contributed by atoms with Gasteiger partial charge in [-0.1, -0.05) is 19.9 Å². The monoisotopic (exact) mass is 313 g/mol. The van der Waals surface area contributed by atoms with Crippen molar-refractivity contribution in [2.24, 2.45) is 11.7 Å². The van der Waals surface area contributed by atoms with Gasteiger partial charge in [-0.25, -0.2) is 8.78 Å². The molecule has 1 aromatic carbocycles. The molecule has 1 rings (SSSR count). The molecule has 0 fully saturated rings. The quantitative estimate of drug-likeness (QED) is 0.725. The first-order valence-electron chi connectivity index (χ1n) is 7.40. The Bertz CT molecular complexity index is 518. The number of hydrogen-bond donors (Lipinski definition) is 3. The Labute approximate surface area is 130 Å². The van der Waals surface area contributed by atoms with Gasteiger partial charge in [0.25, 0.3) is 11.8 Å². The molecule has 4 nitrogen and oxygen atoms in total. The van der Waals surface area contributed by atoms with Crippen molar-refractivity contribution < 1.29 is 13.6 Å². The van der Waals surface area contributed by atoms with Gasteiger partial charge in [0, 0.05) is 17.3 Å². The molecule has 0 saturated heterocycles. The Morgan fingerprint density at radius 3 is 2.50 bits per heavy atom. The van der Waals surface area contributed by atoms with Gasteiger partial charge >= 0.3 is 0 Å². The second-order valence-electron chi connectivity index (χ2n) is 5.90. The summed E-state index contributed by atoms with van der Waals surface area (Å²) in [5.74, 6) is -3.18. The second-order valence-corrected chi connectivity index (χ2v) is 5.90. The number of benzene rings is 1. The van der Waals surface area contributed by atoms with Crippen molar-refractivity contribution in [2.75, 3.05) is 18.4 Å². The third kappa shape index (κ3) is 4.94. The highest BCUT2D eigenvalue weighted by molar-refractivity contribution is 5.97. The zero-order chi connectivity index (χ0) is 16.9. The summed E-state index contributed by atoms with van der Waals surface area (Å²) in [4.78, 5) is 12.1. The first-order valence-corrected chi connectivity index (χ1v) is 7.40. The molecule has 0 aliphatic carbocycles. The van der Waals surface area contributed by atoms with Gasteiger partial charge in [0.15, 0.2) is 0 Å². The van der Waals surface area contributed by atoms with E-state index in [1.807, 2.05) is 6.07 Å². The van der Waals surface area contributed by atoms with Gasteiger partial charge in [0.1, 0.15) is 0 Å². The Hall–Kier alpha value is -1.69. The molecule has 0 spiro atoms. The Balaban J connectivity index is 2.85. The van der Waals surface area contributed by atoms with Gasteiger partial charge in [0.2, 0.25) is 0 Å². The smallest absolute Gasteiger partial charge is 0.277 e. The van der Waals surface area contributed by atoms with E-state index >= 15 is 0 Å². The minimum absolute atomic E-state index is 0.235. The summed E-state index contributed by atoms with van der Waals surface area (Å²) in [6.07, 6.45) is 0. The van der Waals surface area contributed by atoms with Crippen LogP contribution in [0.3, 0.4) is 0 Å². The van der Waals surface area contributed by atoms with Crippen molar-refractivity contribution >= 4 is 11.6 Å². The SMILES string of the molecule is Cc1c(NC(C)C(C)C)cccc1C(=O)NCC(F)(F)CN. The van der Waals surface area contributed by atoms with E-state index < -0.39 is 24.9 Å². The number of rotatable bonds is 7. The third-order valence-electron chi connectivity index (χ3n) is 3.77. The standard InChI is InChI=1S/C16H25F2N3O/c1-10(2)12(4)21-14-7-5-6-13(11(14)3)15(22)20-9-16(17,18)8-19/h5-7,10,12,21H,8-9,19H2,1-4H3,(H,20,22). The predicted molar refractivity (Wildman–Crippen MR) is 85.4 cm³/mol. The van der Waals surface area contributed by atoms with Crippen LogP contribution in [-0.2, 0) is 0 Å². The van der Waals surface area contributed by atoms with E-state index in [1.165, 1.54) is 0 Å². The number of anilines is 1. The summed E-state index contributed by atoms with van der Waals surface area (Å²) in [5.41, 5.74) is 6.91. The van der Waals surface area contributed by atoms with Gasteiger partial charge in [-0.05, 0) is 37.5 Å². The molecule has 1 aromatic rings. The minimum Gasteiger partial charge on any atom is -0.382 e. The van der Waals surface area contributed by atoms with E-state index in [9.17, 15) is 13.6 Å². The van der Waals surface area contributed by atoms with Crippen LogP contribution in [0.25, 0.3) is 0 Å². The highest BCUT2D eigenvalue weighted by atomic mass is 19.3. The van der Waals surface area contributed by atoms with Crippen molar-refractivity contribution in [2.45, 2.75) is 39.7 Å². The lowest BCUT2D eigenvalue weighted by atomic mass is 10.0. The lowest BCUT2D eigenvalue weighted by Gasteiger charge is -2.21. The van der Waals surface area contributed by atoms with Crippen LogP contribution < -0.4 is 16.4 Å². The van der Waals surface area contributed by atoms with Gasteiger partial charge in [-0.2, -0.15) is 0 Å². The first-order chi connectivity index (χ1) is 10.2. The van der Waals surface area contributed by atoms with Crippen LogP contribution in [0, 0.1) is 12.8 Å². The highest BCUT2D eigenvalue weighted by Crippen LogP contribution is 2.21. The highest BCUT2D eigenvalue weighted by Gasteiger charge is 2.27. The van der Waals surface area contributed by atoms with E-state index in [0.717, 1.165) is 11.3 Å². The van der Waals surface area contributed by atoms with Crippen LogP contribution in [0.2, 0.25) is 0 Å². The summed E-state index contributed by atoms with van der Waals surface area (Å²) in [6, 6.07) is 5.47. The maximum Gasteiger partial charge on any atom is 0.277 e. The van der Waals surface area contributed by atoms with Crippen LogP contribution in [0.1, 0.15) is 36.7 Å². The lowest BCUT2D eigenvalue weighted by molar-refractivity contribution is 0.0118. The minimum atomic E-state index is -3.09. The second kappa shape index (κ2) is 7.54. The van der Waals surface area contributed by atoms with Crippen LogP contribution in [0.15, 0.2) is 18.2 Å². The van der Waals surface area contributed by atoms with Crippen LogP contribution >= 0.6 is 0 Å². The average molecular weight is 313 g/mol. The lowest BCUT2D eigenvalue weighted by Crippen LogP contribution is -2.41. The normalized spacial score (nSPS) is 13.1. The molecule has 0 aromatic heterocycles. The van der Waals surface area contributed by atoms with Crippen molar-refractivity contribution in [3.05, 3.63) is 29.3 Å². The molecule has 1 atom stereocenters. The van der Waals surface area contributed by atoms with Crippen LogP contribution in [0.4, 0.5) is 14.5 Å². The zero-order valence-corrected chi connectivity index (χ0v) is 13.5. The van der Waals surface area contributed by atoms with Crippen LogP contribution in [-0.4, -0.2) is 31.0 Å². The van der Waals surface area contributed by atoms with Gasteiger partial charge < -0.3 is 16.4 Å². The summed E-state index contributed by atoms with van der Waals surface area (Å²) in [5, 5.41) is 5.58. The summed E-state index contributed by atoms with van der Waals surface area (Å²) >= 11 is 0. The van der Waals surface area contributed by atoms with Crippen molar-refractivity contribution in [1.29, 1.82) is 0 Å². The Morgan fingerprint density at radius 2 is 1.95 bits per heavy atom. The number of nitrogens with one attached hydrogen (secondary N) is 2. The molecule has 0 saturated carbocycles. The Morgan fingerprint density at radius 1 is 1.32 bits per heavy atom. The average Bonchev–Trinajstić information content (AvgIpc) is 2.47. The van der Waals surface area contributed by atoms with Gasteiger partial charge in [0.05, 0.1) is 13.1 Å². The summed E-state index contributed by atoms with van der Waals surface area (Å²) < 4.78 is 26.2. The topological polar surface area (TPSA) is 67.2 Å². The fraction of sp³-hybridized carbons (Fsp3) is 0.562. The predicted octanol–water partition coefficient (Wildman–Crippen LogP) is 2.78. The number of halogens is 2. The molecule has 0 aliphatic rings. The van der Waals surface area contributed by atoms with Crippen LogP contribution in [0.5, 0.6) is 0 Å². The van der Waals surface area contributed by atoms with Crippen molar-refractivity contribution in [1.82, 2.24) is 5.32 Å². The summed E-state index contributed by atoms with van der Waals surface area (Å²) in [6.45, 7) is 6.49. The molecule has 0 radical (unpaired) electrons. The number of hydrogen-bond acceptors (Lipinski definition) is 3. The molecule has 0 bridgehead atoms. The van der Waals surface area contributed by atoms with Gasteiger partial charge in [-0.15, -0.1) is 0 Å². The number of amides is 1. The molecule has 0 heterocycles. The number of carbonyl (C=O) groups excluding carboxylic acids is 1. The fourth-order valence-corrected chi connectivity index (χ4v) is 1.83. The molecule has 6 heteroatoms. The number of alkyl halides is 2. The van der Waals surface area contributed by atoms with Gasteiger partial charge in [-0.3, -0.25) is 4.79 Å². The largest absolute Gasteiger partial charge is 0.382 e. The van der Waals surface area contributed by atoms with E-state index in [2.05, 4.69) is 31.4 Å². The van der Waals surface area contributed by atoms with Crippen molar-refractivity contribution in [3.8, 4) is 0 Å². The maximum atomic E-state index is 13.1. The zero-order valence-electron chi connectivity index (χ0n) is 13.5. The molecule has 22 heavy (non-hydrogen) atoms. The molecule has 1 amide bonds. The molecular weight excluding hydrogens is 288 g/mol. The molecule has 124 valence electrons. The third-order valence-corrected chi connectivity index (χ3v) is 3.77. The summed E-state index contributed by atoms with van der Waals surface area (Å²) in [7, 11) is 0. The molecule has 0 aliphatic heterocycles. The fourth-order valence-electron chi connectivity index (χ4n) is 1.83. The van der Waals surface area contributed by atoms with Crippen molar-refractivity contribution in [3.63, 3.8) is 0 Å². The number of nitrogens with two attached hydrogens (primary N) is 1. The number of carbonyl (C=O) groups is 1. The Kier molecular flexibility index (Phi) is 6.29. The van der Waals surface area contributed by atoms with E-state index in [0.29, 0.717) is 11.5 Å². The first kappa shape index (κ1) is 18.4. The molecular formula is C16H25F2N3O. The molecule has 4 N–H and O–H groups in total. The van der Waals surface area contributed by atoms with E-state index in [4.69, 9.17) is 5.73 Å². The maximum absolute atomic E-state index is 13.1. The van der Waals surface area contributed by atoms with E-state index in [-0.39, 0.29) is 6.04 Å².